The van der Waals surface area contributed by atoms with Gasteiger partial charge in [0.2, 0.25) is 0 Å². The van der Waals surface area contributed by atoms with E-state index in [2.05, 4.69) is 36.3 Å². The molecule has 152 valence electrons. The van der Waals surface area contributed by atoms with Crippen molar-refractivity contribution in [2.24, 2.45) is 10.9 Å². The maximum atomic E-state index is 6.19. The number of nitrogens with one attached hydrogen (secondary N) is 1. The predicted molar refractivity (Wildman–Crippen MR) is 125 cm³/mol. The molecule has 1 aromatic rings. The van der Waals surface area contributed by atoms with Gasteiger partial charge in [0.05, 0.1) is 6.54 Å². The molecule has 1 saturated carbocycles. The van der Waals surface area contributed by atoms with Gasteiger partial charge in [-0.3, -0.25) is 4.99 Å². The zero-order valence-corrected chi connectivity index (χ0v) is 19.6. The first-order chi connectivity index (χ1) is 12.6. The molecule has 0 unspecified atom stereocenters. The number of hydrogen-bond acceptors (Lipinski definition) is 2. The summed E-state index contributed by atoms with van der Waals surface area (Å²) in [6, 6.07) is 8.28. The van der Waals surface area contributed by atoms with Crippen LogP contribution in [0, 0.1) is 5.92 Å². The summed E-state index contributed by atoms with van der Waals surface area (Å²) in [7, 11) is 2.15. The first kappa shape index (κ1) is 22.8. The van der Waals surface area contributed by atoms with Gasteiger partial charge in [-0.1, -0.05) is 23.7 Å². The smallest absolute Gasteiger partial charge is 0.193 e. The molecule has 6 heteroatoms. The van der Waals surface area contributed by atoms with E-state index >= 15 is 0 Å². The number of rotatable bonds is 7. The Balaban J connectivity index is 0.00000261. The maximum Gasteiger partial charge on any atom is 0.193 e. The second-order valence-electron chi connectivity index (χ2n) is 7.73. The normalized spacial score (nSPS) is 19.3. The van der Waals surface area contributed by atoms with Gasteiger partial charge in [-0.2, -0.15) is 0 Å². The van der Waals surface area contributed by atoms with E-state index in [1.54, 1.807) is 0 Å². The third kappa shape index (κ3) is 6.50. The lowest BCUT2D eigenvalue weighted by atomic mass is 9.96. The Kier molecular flexibility index (Phi) is 9.16. The molecule has 2 aliphatic rings. The van der Waals surface area contributed by atoms with Crippen LogP contribution in [0.15, 0.2) is 29.3 Å². The largest absolute Gasteiger partial charge is 0.381 e. The van der Waals surface area contributed by atoms with E-state index in [1.807, 2.05) is 12.1 Å². The molecule has 2 fully saturated rings. The number of aliphatic imine (C=N–C) groups is 1. The van der Waals surface area contributed by atoms with Gasteiger partial charge in [0.1, 0.15) is 0 Å². The zero-order valence-electron chi connectivity index (χ0n) is 16.5. The van der Waals surface area contributed by atoms with Crippen LogP contribution in [0.25, 0.3) is 0 Å². The minimum atomic E-state index is 0. The van der Waals surface area contributed by atoms with E-state index in [9.17, 15) is 0 Å². The van der Waals surface area contributed by atoms with E-state index in [1.165, 1.54) is 37.7 Å². The maximum absolute atomic E-state index is 6.19. The van der Waals surface area contributed by atoms with E-state index in [4.69, 9.17) is 21.3 Å². The lowest BCUT2D eigenvalue weighted by Gasteiger charge is -2.27. The average molecular weight is 506 g/mol. The summed E-state index contributed by atoms with van der Waals surface area (Å²) in [5, 5.41) is 4.28. The van der Waals surface area contributed by atoms with Crippen molar-refractivity contribution in [2.75, 3.05) is 39.9 Å². The molecule has 0 radical (unpaired) electrons. The fourth-order valence-corrected chi connectivity index (χ4v) is 3.91. The molecule has 27 heavy (non-hydrogen) atoms. The minimum absolute atomic E-state index is 0. The van der Waals surface area contributed by atoms with Gasteiger partial charge >= 0.3 is 0 Å². The number of guanidine groups is 1. The van der Waals surface area contributed by atoms with Crippen LogP contribution in [-0.2, 0) is 10.2 Å². The molecule has 1 saturated heterocycles. The molecular weight excluding hydrogens is 473 g/mol. The Morgan fingerprint density at radius 3 is 2.70 bits per heavy atom. The molecule has 0 atom stereocenters. The average Bonchev–Trinajstić information content (AvgIpc) is 3.45. The first-order valence-corrected chi connectivity index (χ1v) is 10.3. The van der Waals surface area contributed by atoms with E-state index in [0.717, 1.165) is 49.7 Å². The van der Waals surface area contributed by atoms with Crippen molar-refractivity contribution in [3.05, 3.63) is 34.9 Å². The van der Waals surface area contributed by atoms with Gasteiger partial charge in [0.15, 0.2) is 5.96 Å². The minimum Gasteiger partial charge on any atom is -0.381 e. The number of hydrogen-bond donors (Lipinski definition) is 1. The molecule has 0 aromatic heterocycles. The van der Waals surface area contributed by atoms with Gasteiger partial charge in [-0.15, -0.1) is 24.0 Å². The second kappa shape index (κ2) is 10.9. The van der Waals surface area contributed by atoms with Crippen LogP contribution in [0.4, 0.5) is 0 Å². The Morgan fingerprint density at radius 1 is 1.33 bits per heavy atom. The molecule has 0 amide bonds. The molecular formula is C21H33ClIN3O. The molecule has 0 bridgehead atoms. The van der Waals surface area contributed by atoms with Crippen LogP contribution in [-0.4, -0.2) is 50.8 Å². The summed E-state index contributed by atoms with van der Waals surface area (Å²) >= 11 is 6.19. The monoisotopic (exact) mass is 505 g/mol. The second-order valence-corrected chi connectivity index (χ2v) is 8.16. The van der Waals surface area contributed by atoms with Gasteiger partial charge in [-0.05, 0) is 62.6 Å². The molecule has 1 heterocycles. The quantitative estimate of drug-likeness (QED) is 0.331. The van der Waals surface area contributed by atoms with Crippen LogP contribution in [0.5, 0.6) is 0 Å². The van der Waals surface area contributed by atoms with Crippen molar-refractivity contribution in [1.29, 1.82) is 0 Å². The molecule has 1 aromatic carbocycles. The highest BCUT2D eigenvalue weighted by atomic mass is 127. The predicted octanol–water partition coefficient (Wildman–Crippen LogP) is 4.70. The van der Waals surface area contributed by atoms with E-state index in [-0.39, 0.29) is 29.4 Å². The van der Waals surface area contributed by atoms with Crippen LogP contribution < -0.4 is 5.32 Å². The van der Waals surface area contributed by atoms with Crippen molar-refractivity contribution in [3.8, 4) is 0 Å². The Morgan fingerprint density at radius 2 is 2.07 bits per heavy atom. The number of ether oxygens (including phenoxy) is 1. The summed E-state index contributed by atoms with van der Waals surface area (Å²) in [6.45, 7) is 6.74. The highest BCUT2D eigenvalue weighted by Crippen LogP contribution is 2.48. The molecule has 3 rings (SSSR count). The summed E-state index contributed by atoms with van der Waals surface area (Å²) in [5.41, 5.74) is 1.52. The van der Waals surface area contributed by atoms with Crippen molar-refractivity contribution in [1.82, 2.24) is 10.2 Å². The van der Waals surface area contributed by atoms with Crippen LogP contribution in [0.2, 0.25) is 5.02 Å². The van der Waals surface area contributed by atoms with Crippen molar-refractivity contribution < 1.29 is 4.74 Å². The third-order valence-corrected chi connectivity index (χ3v) is 5.97. The molecule has 1 aliphatic carbocycles. The highest BCUT2D eigenvalue weighted by molar-refractivity contribution is 14.0. The number of nitrogens with zero attached hydrogens (tertiary/aromatic N) is 2. The van der Waals surface area contributed by atoms with Crippen LogP contribution in [0.3, 0.4) is 0 Å². The molecule has 1 aliphatic heterocycles. The molecule has 4 nitrogen and oxygen atoms in total. The SMILES string of the molecule is CCNC(=NCC1(c2cccc(Cl)c2)CC1)N(C)CCC1CCOCC1.I. The molecule has 0 spiro atoms. The highest BCUT2D eigenvalue weighted by Gasteiger charge is 2.44. The fraction of sp³-hybridized carbons (Fsp3) is 0.667. The van der Waals surface area contributed by atoms with Crippen molar-refractivity contribution in [2.45, 2.75) is 44.4 Å². The van der Waals surface area contributed by atoms with Crippen LogP contribution >= 0.6 is 35.6 Å². The summed E-state index contributed by atoms with van der Waals surface area (Å²) in [4.78, 5) is 7.27. The topological polar surface area (TPSA) is 36.9 Å². The lowest BCUT2D eigenvalue weighted by molar-refractivity contribution is 0.0625. The lowest BCUT2D eigenvalue weighted by Crippen LogP contribution is -2.40. The van der Waals surface area contributed by atoms with E-state index in [0.29, 0.717) is 0 Å². The van der Waals surface area contributed by atoms with E-state index < -0.39 is 0 Å². The third-order valence-electron chi connectivity index (χ3n) is 5.73. The zero-order chi connectivity index (χ0) is 18.4. The van der Waals surface area contributed by atoms with Gasteiger partial charge in [0, 0.05) is 43.8 Å². The first-order valence-electron chi connectivity index (χ1n) is 9.96. The Hall–Kier alpha value is -0.530. The Labute approximate surface area is 186 Å². The van der Waals surface area contributed by atoms with Gasteiger partial charge in [-0.25, -0.2) is 0 Å². The fourth-order valence-electron chi connectivity index (χ4n) is 3.72. The van der Waals surface area contributed by atoms with Crippen LogP contribution in [0.1, 0.15) is 44.6 Å². The standard InChI is InChI=1S/C21H32ClN3O.HI/c1-3-23-20(25(2)12-7-17-8-13-26-14-9-17)24-16-21(10-11-21)18-5-4-6-19(22)15-18;/h4-6,15,17H,3,7-14,16H2,1-2H3,(H,23,24);1H. The Bertz CT molecular complexity index is 615. The summed E-state index contributed by atoms with van der Waals surface area (Å²) < 4.78 is 5.47. The molecule has 1 N–H and O–H groups in total. The number of benzene rings is 1. The van der Waals surface area contributed by atoms with Gasteiger partial charge in [0.25, 0.3) is 0 Å². The summed E-state index contributed by atoms with van der Waals surface area (Å²) in [6.07, 6.45) is 5.99. The number of halogens is 2. The van der Waals surface area contributed by atoms with Crippen molar-refractivity contribution >= 4 is 41.5 Å². The summed E-state index contributed by atoms with van der Waals surface area (Å²) in [5.74, 6) is 1.81. The van der Waals surface area contributed by atoms with Gasteiger partial charge < -0.3 is 15.0 Å². The van der Waals surface area contributed by atoms with Crippen molar-refractivity contribution in [3.63, 3.8) is 0 Å².